The van der Waals surface area contributed by atoms with Gasteiger partial charge in [-0.3, -0.25) is 4.79 Å². The van der Waals surface area contributed by atoms with Gasteiger partial charge in [-0.05, 0) is 45.1 Å². The van der Waals surface area contributed by atoms with E-state index in [2.05, 4.69) is 4.90 Å². The number of ether oxygens (including phenoxy) is 3. The lowest BCUT2D eigenvalue weighted by molar-refractivity contribution is -0.209. The Hall–Kier alpha value is -1.83. The van der Waals surface area contributed by atoms with Crippen LogP contribution in [0.25, 0.3) is 0 Å². The summed E-state index contributed by atoms with van der Waals surface area (Å²) >= 11 is 0. The zero-order valence-corrected chi connectivity index (χ0v) is 16.0. The molecular weight excluding hydrogens is 348 g/mol. The third kappa shape index (κ3) is 3.39. The van der Waals surface area contributed by atoms with Crippen molar-refractivity contribution in [3.63, 3.8) is 0 Å². The zero-order chi connectivity index (χ0) is 19.0. The predicted molar refractivity (Wildman–Crippen MR) is 99.1 cm³/mol. The number of rotatable bonds is 5. The minimum Gasteiger partial charge on any atom is -0.454 e. The van der Waals surface area contributed by atoms with Gasteiger partial charge in [-0.25, -0.2) is 0 Å². The number of likely N-dealkylation sites (tertiary alicyclic amines) is 1. The quantitative estimate of drug-likeness (QED) is 0.837. The highest BCUT2D eigenvalue weighted by Crippen LogP contribution is 2.51. The maximum atomic E-state index is 12.9. The summed E-state index contributed by atoms with van der Waals surface area (Å²) in [4.78, 5) is 16.8. The van der Waals surface area contributed by atoms with Gasteiger partial charge in [0.15, 0.2) is 11.5 Å². The molecule has 0 radical (unpaired) electrons. The highest BCUT2D eigenvalue weighted by molar-refractivity contribution is 5.95. The van der Waals surface area contributed by atoms with Crippen molar-refractivity contribution in [1.29, 1.82) is 0 Å². The molecule has 0 aromatic heterocycles. The van der Waals surface area contributed by atoms with Crippen LogP contribution in [0.2, 0.25) is 0 Å². The molecule has 1 aromatic carbocycles. The molecule has 0 unspecified atom stereocenters. The van der Waals surface area contributed by atoms with E-state index in [9.17, 15) is 9.90 Å². The lowest BCUT2D eigenvalue weighted by atomic mass is 9.58. The summed E-state index contributed by atoms with van der Waals surface area (Å²) in [5.74, 6) is 1.31. The van der Waals surface area contributed by atoms with Crippen LogP contribution in [0.15, 0.2) is 18.2 Å². The van der Waals surface area contributed by atoms with Crippen LogP contribution in [0.5, 0.6) is 11.5 Å². The molecule has 1 aliphatic carbocycles. The molecule has 2 aliphatic heterocycles. The molecule has 1 N–H and O–H groups in total. The van der Waals surface area contributed by atoms with Gasteiger partial charge < -0.3 is 29.1 Å². The predicted octanol–water partition coefficient (Wildman–Crippen LogP) is 1.35. The number of piperidine rings is 1. The van der Waals surface area contributed by atoms with E-state index < -0.39 is 0 Å². The van der Waals surface area contributed by atoms with Crippen LogP contribution >= 0.6 is 0 Å². The van der Waals surface area contributed by atoms with Gasteiger partial charge in [0.05, 0.1) is 18.8 Å². The van der Waals surface area contributed by atoms with Crippen LogP contribution in [0.4, 0.5) is 0 Å². The summed E-state index contributed by atoms with van der Waals surface area (Å²) in [5.41, 5.74) is 0.418. The average Bonchev–Trinajstić information content (AvgIpc) is 3.14. The second kappa shape index (κ2) is 7.30. The standard InChI is InChI=1S/C20H28N2O5/c1-21(2)9-10-25-18-12-17(23)20(18)5-7-22(8-6-20)19(24)14-3-4-15-16(11-14)27-13-26-15/h3-4,11,17-18,23H,5-10,12-13H2,1-2H3/t17-,18+/m1/s1. The van der Waals surface area contributed by atoms with Crippen molar-refractivity contribution >= 4 is 5.91 Å². The average molecular weight is 376 g/mol. The Bertz CT molecular complexity index is 700. The van der Waals surface area contributed by atoms with Crippen LogP contribution in [0.1, 0.15) is 29.6 Å². The number of aliphatic hydroxyl groups excluding tert-OH is 1. The molecule has 2 fully saturated rings. The van der Waals surface area contributed by atoms with Crippen molar-refractivity contribution in [2.75, 3.05) is 47.1 Å². The number of carbonyl (C=O) groups is 1. The number of likely N-dealkylation sites (N-methyl/N-ethyl adjacent to an activating group) is 1. The summed E-state index contributed by atoms with van der Waals surface area (Å²) < 4.78 is 16.7. The number of carbonyl (C=O) groups excluding carboxylic acids is 1. The Balaban J connectivity index is 1.36. The van der Waals surface area contributed by atoms with Gasteiger partial charge >= 0.3 is 0 Å². The summed E-state index contributed by atoms with van der Waals surface area (Å²) in [5, 5.41) is 10.4. The first-order valence-electron chi connectivity index (χ1n) is 9.63. The molecule has 1 saturated heterocycles. The molecule has 2 atom stereocenters. The summed E-state index contributed by atoms with van der Waals surface area (Å²) in [6.45, 7) is 3.02. The molecule has 27 heavy (non-hydrogen) atoms. The first-order chi connectivity index (χ1) is 13.0. The van der Waals surface area contributed by atoms with Gasteiger partial charge in [-0.15, -0.1) is 0 Å². The fourth-order valence-corrected chi connectivity index (χ4v) is 4.33. The maximum Gasteiger partial charge on any atom is 0.253 e. The van der Waals surface area contributed by atoms with E-state index in [1.54, 1.807) is 18.2 Å². The van der Waals surface area contributed by atoms with Crippen LogP contribution in [0, 0.1) is 5.41 Å². The van der Waals surface area contributed by atoms with Gasteiger partial charge in [-0.1, -0.05) is 0 Å². The second-order valence-corrected chi connectivity index (χ2v) is 8.01. The molecule has 148 valence electrons. The molecule has 1 saturated carbocycles. The molecule has 0 bridgehead atoms. The van der Waals surface area contributed by atoms with Crippen molar-refractivity contribution in [2.45, 2.75) is 31.5 Å². The van der Waals surface area contributed by atoms with Gasteiger partial charge in [0.2, 0.25) is 6.79 Å². The Labute approximate surface area is 159 Å². The number of hydrogen-bond acceptors (Lipinski definition) is 6. The van der Waals surface area contributed by atoms with Crippen molar-refractivity contribution in [2.24, 2.45) is 5.41 Å². The number of aliphatic hydroxyl groups is 1. The Morgan fingerprint density at radius 3 is 2.74 bits per heavy atom. The van der Waals surface area contributed by atoms with Gasteiger partial charge in [0.1, 0.15) is 0 Å². The Morgan fingerprint density at radius 2 is 2.04 bits per heavy atom. The maximum absolute atomic E-state index is 12.9. The summed E-state index contributed by atoms with van der Waals surface area (Å²) in [6, 6.07) is 5.32. The van der Waals surface area contributed by atoms with E-state index in [-0.39, 0.29) is 30.3 Å². The van der Waals surface area contributed by atoms with Crippen molar-refractivity contribution in [1.82, 2.24) is 9.80 Å². The second-order valence-electron chi connectivity index (χ2n) is 8.01. The monoisotopic (exact) mass is 376 g/mol. The molecule has 7 nitrogen and oxygen atoms in total. The first kappa shape index (κ1) is 18.5. The smallest absolute Gasteiger partial charge is 0.253 e. The largest absolute Gasteiger partial charge is 0.454 e. The molecule has 4 rings (SSSR count). The van der Waals surface area contributed by atoms with E-state index in [4.69, 9.17) is 14.2 Å². The highest BCUT2D eigenvalue weighted by atomic mass is 16.7. The molecule has 1 amide bonds. The lowest BCUT2D eigenvalue weighted by Gasteiger charge is -2.56. The molecule has 1 spiro atoms. The van der Waals surface area contributed by atoms with Crippen LogP contribution < -0.4 is 9.47 Å². The van der Waals surface area contributed by atoms with Crippen LogP contribution in [0.3, 0.4) is 0 Å². The van der Waals surface area contributed by atoms with E-state index >= 15 is 0 Å². The number of hydrogen-bond donors (Lipinski definition) is 1. The number of amides is 1. The lowest BCUT2D eigenvalue weighted by Crippen LogP contribution is -2.63. The van der Waals surface area contributed by atoms with Crippen molar-refractivity contribution in [3.8, 4) is 11.5 Å². The fourth-order valence-electron chi connectivity index (χ4n) is 4.33. The Morgan fingerprint density at radius 1 is 1.30 bits per heavy atom. The number of benzene rings is 1. The highest BCUT2D eigenvalue weighted by Gasteiger charge is 2.56. The van der Waals surface area contributed by atoms with E-state index in [0.29, 0.717) is 43.2 Å². The fraction of sp³-hybridized carbons (Fsp3) is 0.650. The molecule has 2 heterocycles. The van der Waals surface area contributed by atoms with E-state index in [1.165, 1.54) is 0 Å². The molecular formula is C20H28N2O5. The molecule has 1 aromatic rings. The Kier molecular flexibility index (Phi) is 5.01. The normalized spacial score (nSPS) is 25.7. The SMILES string of the molecule is CN(C)CCO[C@H]1C[C@@H](O)C12CCN(C(=O)c1ccc3c(c1)OCO3)CC2. The summed E-state index contributed by atoms with van der Waals surface area (Å²) in [7, 11) is 4.05. The first-order valence-corrected chi connectivity index (χ1v) is 9.63. The minimum absolute atomic E-state index is 0.00189. The third-order valence-electron chi connectivity index (χ3n) is 6.20. The van der Waals surface area contributed by atoms with Gasteiger partial charge in [0, 0.05) is 37.0 Å². The van der Waals surface area contributed by atoms with Crippen molar-refractivity contribution < 1.29 is 24.1 Å². The van der Waals surface area contributed by atoms with E-state index in [1.807, 2.05) is 19.0 Å². The number of nitrogens with zero attached hydrogens (tertiary/aromatic N) is 2. The topological polar surface area (TPSA) is 71.5 Å². The zero-order valence-electron chi connectivity index (χ0n) is 16.0. The minimum atomic E-state index is -0.329. The van der Waals surface area contributed by atoms with E-state index in [0.717, 1.165) is 19.4 Å². The number of fused-ring (bicyclic) bond motifs is 1. The van der Waals surface area contributed by atoms with Crippen molar-refractivity contribution in [3.05, 3.63) is 23.8 Å². The third-order valence-corrected chi connectivity index (χ3v) is 6.20. The van der Waals surface area contributed by atoms with Gasteiger partial charge in [-0.2, -0.15) is 0 Å². The summed E-state index contributed by atoms with van der Waals surface area (Å²) in [6.07, 6.45) is 2.01. The molecule has 7 heteroatoms. The van der Waals surface area contributed by atoms with Gasteiger partial charge in [0.25, 0.3) is 5.91 Å². The van der Waals surface area contributed by atoms with Crippen LogP contribution in [-0.4, -0.2) is 80.2 Å². The molecule has 3 aliphatic rings. The van der Waals surface area contributed by atoms with Crippen LogP contribution in [-0.2, 0) is 4.74 Å².